The third-order valence-electron chi connectivity index (χ3n) is 2.50. The SMILES string of the molecule is CNC(C)CN1CCCC(F)(F)C1. The van der Waals surface area contributed by atoms with E-state index < -0.39 is 5.92 Å². The smallest absolute Gasteiger partial charge is 0.260 e. The molecule has 1 fully saturated rings. The molecule has 1 unspecified atom stereocenters. The first-order chi connectivity index (χ1) is 6.03. The molecule has 1 rings (SSSR count). The molecule has 0 aromatic rings. The molecule has 1 aliphatic rings. The molecule has 1 saturated heterocycles. The zero-order valence-corrected chi connectivity index (χ0v) is 8.32. The van der Waals surface area contributed by atoms with E-state index in [1.165, 1.54) is 0 Å². The van der Waals surface area contributed by atoms with Gasteiger partial charge in [0.15, 0.2) is 0 Å². The Kier molecular flexibility index (Phi) is 3.62. The number of hydrogen-bond acceptors (Lipinski definition) is 2. The molecule has 0 aromatic heterocycles. The fourth-order valence-electron chi connectivity index (χ4n) is 1.68. The van der Waals surface area contributed by atoms with Crippen LogP contribution in [0, 0.1) is 0 Å². The molecule has 1 heterocycles. The van der Waals surface area contributed by atoms with Gasteiger partial charge in [-0.3, -0.25) is 4.90 Å². The number of alkyl halides is 2. The van der Waals surface area contributed by atoms with Crippen LogP contribution in [0.1, 0.15) is 19.8 Å². The van der Waals surface area contributed by atoms with Crippen LogP contribution in [-0.4, -0.2) is 43.5 Å². The predicted octanol–water partition coefficient (Wildman–Crippen LogP) is 1.33. The van der Waals surface area contributed by atoms with E-state index in [-0.39, 0.29) is 19.0 Å². The lowest BCUT2D eigenvalue weighted by molar-refractivity contribution is -0.0650. The van der Waals surface area contributed by atoms with Crippen LogP contribution in [0.25, 0.3) is 0 Å². The largest absolute Gasteiger partial charge is 0.316 e. The molecule has 2 nitrogen and oxygen atoms in total. The number of rotatable bonds is 3. The van der Waals surface area contributed by atoms with Crippen LogP contribution in [0.4, 0.5) is 8.78 Å². The van der Waals surface area contributed by atoms with Gasteiger partial charge in [-0.2, -0.15) is 0 Å². The quantitative estimate of drug-likeness (QED) is 0.725. The molecule has 0 aromatic carbocycles. The molecule has 0 bridgehead atoms. The van der Waals surface area contributed by atoms with E-state index in [2.05, 4.69) is 5.32 Å². The first-order valence-electron chi connectivity index (χ1n) is 4.81. The number of likely N-dealkylation sites (N-methyl/N-ethyl adjacent to an activating group) is 1. The maximum Gasteiger partial charge on any atom is 0.260 e. The number of piperidine rings is 1. The summed E-state index contributed by atoms with van der Waals surface area (Å²) in [6, 6.07) is 0.286. The number of hydrogen-bond donors (Lipinski definition) is 1. The van der Waals surface area contributed by atoms with Crippen molar-refractivity contribution in [2.24, 2.45) is 0 Å². The van der Waals surface area contributed by atoms with Crippen molar-refractivity contribution in [3.63, 3.8) is 0 Å². The average Bonchev–Trinajstić information content (AvgIpc) is 2.02. The molecule has 0 aliphatic carbocycles. The van der Waals surface area contributed by atoms with E-state index in [9.17, 15) is 8.78 Å². The lowest BCUT2D eigenvalue weighted by atomic mass is 10.1. The van der Waals surface area contributed by atoms with Crippen molar-refractivity contribution in [1.82, 2.24) is 10.2 Å². The maximum absolute atomic E-state index is 12.9. The van der Waals surface area contributed by atoms with Gasteiger partial charge in [0.05, 0.1) is 6.54 Å². The molecule has 1 aliphatic heterocycles. The van der Waals surface area contributed by atoms with Gasteiger partial charge in [0.2, 0.25) is 0 Å². The third-order valence-corrected chi connectivity index (χ3v) is 2.50. The number of likely N-dealkylation sites (tertiary alicyclic amines) is 1. The second-order valence-electron chi connectivity index (χ2n) is 3.88. The van der Waals surface area contributed by atoms with E-state index in [4.69, 9.17) is 0 Å². The van der Waals surface area contributed by atoms with Gasteiger partial charge in [-0.25, -0.2) is 8.78 Å². The summed E-state index contributed by atoms with van der Waals surface area (Å²) in [5.41, 5.74) is 0. The van der Waals surface area contributed by atoms with Crippen molar-refractivity contribution in [3.05, 3.63) is 0 Å². The van der Waals surface area contributed by atoms with Crippen LogP contribution >= 0.6 is 0 Å². The zero-order chi connectivity index (χ0) is 9.90. The summed E-state index contributed by atoms with van der Waals surface area (Å²) >= 11 is 0. The topological polar surface area (TPSA) is 15.3 Å². The average molecular weight is 192 g/mol. The van der Waals surface area contributed by atoms with Crippen LogP contribution in [0.3, 0.4) is 0 Å². The number of nitrogens with zero attached hydrogens (tertiary/aromatic N) is 1. The molecule has 1 N–H and O–H groups in total. The summed E-state index contributed by atoms with van der Waals surface area (Å²) in [5.74, 6) is -2.47. The predicted molar refractivity (Wildman–Crippen MR) is 49.1 cm³/mol. The minimum atomic E-state index is -2.47. The lowest BCUT2D eigenvalue weighted by Crippen LogP contribution is -2.47. The summed E-state index contributed by atoms with van der Waals surface area (Å²) in [7, 11) is 1.85. The van der Waals surface area contributed by atoms with E-state index in [0.717, 1.165) is 6.54 Å². The number of nitrogens with one attached hydrogen (secondary N) is 1. The molecule has 0 radical (unpaired) electrons. The molecule has 13 heavy (non-hydrogen) atoms. The normalized spacial score (nSPS) is 25.8. The van der Waals surface area contributed by atoms with Gasteiger partial charge in [0.25, 0.3) is 5.92 Å². The summed E-state index contributed by atoms with van der Waals surface area (Å²) < 4.78 is 25.9. The molecule has 0 saturated carbocycles. The first kappa shape index (κ1) is 10.9. The highest BCUT2D eigenvalue weighted by Gasteiger charge is 2.35. The van der Waals surface area contributed by atoms with E-state index in [1.807, 2.05) is 18.9 Å². The van der Waals surface area contributed by atoms with Crippen LogP contribution in [-0.2, 0) is 0 Å². The molecule has 78 valence electrons. The van der Waals surface area contributed by atoms with Gasteiger partial charge in [-0.1, -0.05) is 0 Å². The Morgan fingerprint density at radius 2 is 2.23 bits per heavy atom. The Labute approximate surface area is 78.3 Å². The van der Waals surface area contributed by atoms with Gasteiger partial charge >= 0.3 is 0 Å². The zero-order valence-electron chi connectivity index (χ0n) is 8.32. The second-order valence-corrected chi connectivity index (χ2v) is 3.88. The van der Waals surface area contributed by atoms with Gasteiger partial charge < -0.3 is 5.32 Å². The molecule has 0 amide bonds. The van der Waals surface area contributed by atoms with Gasteiger partial charge in [0, 0.05) is 19.0 Å². The highest BCUT2D eigenvalue weighted by atomic mass is 19.3. The summed E-state index contributed by atoms with van der Waals surface area (Å²) in [6.07, 6.45) is 0.668. The minimum Gasteiger partial charge on any atom is -0.316 e. The van der Waals surface area contributed by atoms with Crippen molar-refractivity contribution >= 4 is 0 Å². The summed E-state index contributed by atoms with van der Waals surface area (Å²) in [6.45, 7) is 3.46. The molecular weight excluding hydrogens is 174 g/mol. The standard InChI is InChI=1S/C9H18F2N2/c1-8(12-2)6-13-5-3-4-9(10,11)7-13/h8,12H,3-7H2,1-2H3. The Bertz CT molecular complexity index is 162. The summed E-state index contributed by atoms with van der Waals surface area (Å²) in [5, 5.41) is 3.05. The Balaban J connectivity index is 2.34. The lowest BCUT2D eigenvalue weighted by Gasteiger charge is -2.33. The van der Waals surface area contributed by atoms with Crippen molar-refractivity contribution in [1.29, 1.82) is 0 Å². The fourth-order valence-corrected chi connectivity index (χ4v) is 1.68. The van der Waals surface area contributed by atoms with Crippen molar-refractivity contribution in [3.8, 4) is 0 Å². The van der Waals surface area contributed by atoms with E-state index >= 15 is 0 Å². The molecule has 4 heteroatoms. The maximum atomic E-state index is 12.9. The summed E-state index contributed by atoms with van der Waals surface area (Å²) in [4.78, 5) is 1.84. The Morgan fingerprint density at radius 1 is 1.54 bits per heavy atom. The highest BCUT2D eigenvalue weighted by Crippen LogP contribution is 2.26. The van der Waals surface area contributed by atoms with Gasteiger partial charge in [0.1, 0.15) is 0 Å². The fraction of sp³-hybridized carbons (Fsp3) is 1.00. The minimum absolute atomic E-state index is 0.0530. The number of halogens is 2. The highest BCUT2D eigenvalue weighted by molar-refractivity contribution is 4.80. The van der Waals surface area contributed by atoms with Crippen LogP contribution < -0.4 is 5.32 Å². The van der Waals surface area contributed by atoms with Crippen LogP contribution in [0.5, 0.6) is 0 Å². The van der Waals surface area contributed by atoms with Crippen LogP contribution in [0.15, 0.2) is 0 Å². The van der Waals surface area contributed by atoms with Crippen LogP contribution in [0.2, 0.25) is 0 Å². The van der Waals surface area contributed by atoms with E-state index in [0.29, 0.717) is 13.0 Å². The van der Waals surface area contributed by atoms with Gasteiger partial charge in [-0.05, 0) is 26.9 Å². The van der Waals surface area contributed by atoms with Crippen molar-refractivity contribution < 1.29 is 8.78 Å². The van der Waals surface area contributed by atoms with Crippen molar-refractivity contribution in [2.45, 2.75) is 31.7 Å². The monoisotopic (exact) mass is 192 g/mol. The third kappa shape index (κ3) is 3.56. The molecular formula is C9H18F2N2. The van der Waals surface area contributed by atoms with Crippen molar-refractivity contribution in [2.75, 3.05) is 26.7 Å². The second kappa shape index (κ2) is 4.33. The van der Waals surface area contributed by atoms with Gasteiger partial charge in [-0.15, -0.1) is 0 Å². The Morgan fingerprint density at radius 3 is 2.77 bits per heavy atom. The Hall–Kier alpha value is -0.220. The van der Waals surface area contributed by atoms with E-state index in [1.54, 1.807) is 0 Å². The molecule has 0 spiro atoms. The first-order valence-corrected chi connectivity index (χ1v) is 4.81. The molecule has 1 atom stereocenters.